The molecule has 128 valence electrons. The zero-order chi connectivity index (χ0) is 17.2. The Morgan fingerprint density at radius 2 is 1.64 bits per heavy atom. The van der Waals surface area contributed by atoms with Crippen molar-refractivity contribution in [3.8, 4) is 5.82 Å². The first kappa shape index (κ1) is 15.6. The quantitative estimate of drug-likeness (QED) is 0.737. The van der Waals surface area contributed by atoms with Gasteiger partial charge in [0.15, 0.2) is 5.82 Å². The number of piperazine rings is 1. The van der Waals surface area contributed by atoms with Gasteiger partial charge in [0.1, 0.15) is 0 Å². The van der Waals surface area contributed by atoms with Gasteiger partial charge in [-0.15, -0.1) is 0 Å². The Bertz CT molecular complexity index is 864. The molecule has 1 aromatic carbocycles. The van der Waals surface area contributed by atoms with Gasteiger partial charge >= 0.3 is 0 Å². The number of aromatic nitrogens is 4. The average Bonchev–Trinajstić information content (AvgIpc) is 3.09. The Morgan fingerprint density at radius 3 is 2.36 bits per heavy atom. The van der Waals surface area contributed by atoms with Crippen molar-refractivity contribution in [2.24, 2.45) is 0 Å². The average molecular weight is 334 g/mol. The molecule has 0 unspecified atom stereocenters. The van der Waals surface area contributed by atoms with Gasteiger partial charge in [-0.2, -0.15) is 10.1 Å². The molecule has 6 heteroatoms. The van der Waals surface area contributed by atoms with Gasteiger partial charge in [-0.25, -0.2) is 9.67 Å². The van der Waals surface area contributed by atoms with Crippen LogP contribution in [0.4, 0.5) is 11.6 Å². The first-order chi connectivity index (χ1) is 12.2. The number of anilines is 2. The third kappa shape index (κ3) is 3.20. The normalized spacial score (nSPS) is 14.8. The summed E-state index contributed by atoms with van der Waals surface area (Å²) >= 11 is 0. The molecule has 2 aromatic heterocycles. The first-order valence-corrected chi connectivity index (χ1v) is 8.62. The Hall–Kier alpha value is -2.89. The van der Waals surface area contributed by atoms with E-state index in [0.29, 0.717) is 0 Å². The van der Waals surface area contributed by atoms with E-state index in [0.717, 1.165) is 43.6 Å². The van der Waals surface area contributed by atoms with E-state index in [1.54, 1.807) is 4.68 Å². The van der Waals surface area contributed by atoms with Crippen LogP contribution in [0, 0.1) is 13.8 Å². The number of benzene rings is 1. The van der Waals surface area contributed by atoms with E-state index in [9.17, 15) is 0 Å². The fourth-order valence-corrected chi connectivity index (χ4v) is 3.23. The van der Waals surface area contributed by atoms with Gasteiger partial charge in [0, 0.05) is 50.3 Å². The fourth-order valence-electron chi connectivity index (χ4n) is 3.23. The van der Waals surface area contributed by atoms with Crippen molar-refractivity contribution in [1.29, 1.82) is 0 Å². The maximum absolute atomic E-state index is 4.69. The minimum absolute atomic E-state index is 0.773. The van der Waals surface area contributed by atoms with Crippen LogP contribution in [0.25, 0.3) is 5.82 Å². The zero-order valence-corrected chi connectivity index (χ0v) is 14.6. The van der Waals surface area contributed by atoms with Crippen LogP contribution in [0.5, 0.6) is 0 Å². The van der Waals surface area contributed by atoms with Gasteiger partial charge in [0.25, 0.3) is 0 Å². The number of aryl methyl sites for hydroxylation is 2. The third-order valence-electron chi connectivity index (χ3n) is 4.60. The lowest BCUT2D eigenvalue weighted by Crippen LogP contribution is -2.47. The largest absolute Gasteiger partial charge is 0.368 e. The molecule has 0 N–H and O–H groups in total. The smallest absolute Gasteiger partial charge is 0.227 e. The predicted molar refractivity (Wildman–Crippen MR) is 99.5 cm³/mol. The SMILES string of the molecule is Cc1ccn(-c2ccnc(N3CCN(c4ccccc4C)CC3)n2)n1. The molecule has 0 aliphatic carbocycles. The standard InChI is InChI=1S/C19H22N6/c1-15-5-3-4-6-17(15)23-11-13-24(14-12-23)19-20-9-7-18(21-19)25-10-8-16(2)22-25/h3-10H,11-14H2,1-2H3. The number of hydrogen-bond donors (Lipinski definition) is 0. The van der Waals surface area contributed by atoms with Crippen LogP contribution < -0.4 is 9.80 Å². The van der Waals surface area contributed by atoms with Crippen LogP contribution in [0.3, 0.4) is 0 Å². The second-order valence-corrected chi connectivity index (χ2v) is 6.38. The molecule has 3 heterocycles. The summed E-state index contributed by atoms with van der Waals surface area (Å²) in [5.74, 6) is 1.58. The molecule has 0 atom stereocenters. The van der Waals surface area contributed by atoms with E-state index in [2.05, 4.69) is 51.1 Å². The summed E-state index contributed by atoms with van der Waals surface area (Å²) in [5.41, 5.74) is 3.62. The van der Waals surface area contributed by atoms with Gasteiger partial charge in [-0.3, -0.25) is 0 Å². The molecule has 25 heavy (non-hydrogen) atoms. The van der Waals surface area contributed by atoms with Crippen LogP contribution in [-0.2, 0) is 0 Å². The molecular formula is C19H22N6. The molecule has 4 rings (SSSR count). The Morgan fingerprint density at radius 1 is 0.880 bits per heavy atom. The van der Waals surface area contributed by atoms with Gasteiger partial charge in [0.05, 0.1) is 5.69 Å². The van der Waals surface area contributed by atoms with E-state index in [1.165, 1.54) is 11.3 Å². The van der Waals surface area contributed by atoms with Crippen LogP contribution in [-0.4, -0.2) is 45.9 Å². The number of nitrogens with zero attached hydrogens (tertiary/aromatic N) is 6. The molecule has 6 nitrogen and oxygen atoms in total. The van der Waals surface area contributed by atoms with Gasteiger partial charge in [-0.1, -0.05) is 18.2 Å². The predicted octanol–water partition coefficient (Wildman–Crippen LogP) is 2.61. The summed E-state index contributed by atoms with van der Waals surface area (Å²) in [7, 11) is 0. The Kier molecular flexibility index (Phi) is 4.09. The summed E-state index contributed by atoms with van der Waals surface area (Å²) in [6.45, 7) is 7.91. The molecule has 1 aliphatic rings. The second kappa shape index (κ2) is 6.55. The molecule has 1 aliphatic heterocycles. The van der Waals surface area contributed by atoms with E-state index in [-0.39, 0.29) is 0 Å². The highest BCUT2D eigenvalue weighted by molar-refractivity contribution is 5.54. The Balaban J connectivity index is 1.49. The molecule has 0 bridgehead atoms. The molecule has 0 saturated carbocycles. The topological polar surface area (TPSA) is 50.1 Å². The lowest BCUT2D eigenvalue weighted by Gasteiger charge is -2.36. The van der Waals surface area contributed by atoms with Crippen LogP contribution in [0.1, 0.15) is 11.3 Å². The highest BCUT2D eigenvalue weighted by Gasteiger charge is 2.20. The van der Waals surface area contributed by atoms with Crippen molar-refractivity contribution in [2.75, 3.05) is 36.0 Å². The zero-order valence-electron chi connectivity index (χ0n) is 14.6. The van der Waals surface area contributed by atoms with Crippen molar-refractivity contribution in [1.82, 2.24) is 19.7 Å². The number of hydrogen-bond acceptors (Lipinski definition) is 5. The van der Waals surface area contributed by atoms with Crippen molar-refractivity contribution < 1.29 is 0 Å². The molecule has 3 aromatic rings. The maximum Gasteiger partial charge on any atom is 0.227 e. The monoisotopic (exact) mass is 334 g/mol. The lowest BCUT2D eigenvalue weighted by molar-refractivity contribution is 0.637. The molecule has 1 saturated heterocycles. The summed E-state index contributed by atoms with van der Waals surface area (Å²) in [4.78, 5) is 13.8. The van der Waals surface area contributed by atoms with Crippen molar-refractivity contribution in [3.05, 3.63) is 60.0 Å². The van der Waals surface area contributed by atoms with Crippen LogP contribution in [0.2, 0.25) is 0 Å². The molecule has 1 fully saturated rings. The minimum Gasteiger partial charge on any atom is -0.368 e. The van der Waals surface area contributed by atoms with Crippen molar-refractivity contribution in [2.45, 2.75) is 13.8 Å². The molecule has 0 radical (unpaired) electrons. The van der Waals surface area contributed by atoms with E-state index >= 15 is 0 Å². The summed E-state index contributed by atoms with van der Waals surface area (Å²) < 4.78 is 1.80. The van der Waals surface area contributed by atoms with E-state index < -0.39 is 0 Å². The maximum atomic E-state index is 4.69. The molecule has 0 amide bonds. The number of rotatable bonds is 3. The van der Waals surface area contributed by atoms with E-state index in [4.69, 9.17) is 4.98 Å². The number of para-hydroxylation sites is 1. The van der Waals surface area contributed by atoms with Gasteiger partial charge < -0.3 is 9.80 Å². The lowest BCUT2D eigenvalue weighted by atomic mass is 10.1. The summed E-state index contributed by atoms with van der Waals surface area (Å²) in [6, 6.07) is 12.4. The third-order valence-corrected chi connectivity index (χ3v) is 4.60. The summed E-state index contributed by atoms with van der Waals surface area (Å²) in [5, 5.41) is 4.43. The van der Waals surface area contributed by atoms with Crippen molar-refractivity contribution >= 4 is 11.6 Å². The van der Waals surface area contributed by atoms with E-state index in [1.807, 2.05) is 31.5 Å². The highest BCUT2D eigenvalue weighted by Crippen LogP contribution is 2.22. The first-order valence-electron chi connectivity index (χ1n) is 8.62. The molecular weight excluding hydrogens is 312 g/mol. The van der Waals surface area contributed by atoms with Gasteiger partial charge in [-0.05, 0) is 31.5 Å². The van der Waals surface area contributed by atoms with Crippen molar-refractivity contribution in [3.63, 3.8) is 0 Å². The Labute approximate surface area is 147 Å². The fraction of sp³-hybridized carbons (Fsp3) is 0.316. The van der Waals surface area contributed by atoms with Crippen LogP contribution in [0.15, 0.2) is 48.8 Å². The van der Waals surface area contributed by atoms with Gasteiger partial charge in [0.2, 0.25) is 5.95 Å². The highest BCUT2D eigenvalue weighted by atomic mass is 15.4. The summed E-state index contributed by atoms with van der Waals surface area (Å²) in [6.07, 6.45) is 3.74. The minimum atomic E-state index is 0.773. The second-order valence-electron chi connectivity index (χ2n) is 6.38. The molecule has 0 spiro atoms. The van der Waals surface area contributed by atoms with Crippen LogP contribution >= 0.6 is 0 Å².